The Morgan fingerprint density at radius 2 is 1.71 bits per heavy atom. The van der Waals surface area contributed by atoms with E-state index in [2.05, 4.69) is 20.4 Å². The zero-order valence-electron chi connectivity index (χ0n) is 19.1. The fourth-order valence-electron chi connectivity index (χ4n) is 4.36. The first-order valence-corrected chi connectivity index (χ1v) is 11.4. The molecule has 1 amide bonds. The van der Waals surface area contributed by atoms with Gasteiger partial charge in [-0.1, -0.05) is 17.3 Å². The van der Waals surface area contributed by atoms with E-state index < -0.39 is 0 Å². The zero-order chi connectivity index (χ0) is 24.4. The van der Waals surface area contributed by atoms with Crippen LogP contribution in [0.4, 0.5) is 8.78 Å². The predicted molar refractivity (Wildman–Crippen MR) is 126 cm³/mol. The largest absolute Gasteiger partial charge is 0.379 e. The molecule has 1 fully saturated rings. The van der Waals surface area contributed by atoms with E-state index >= 15 is 0 Å². The quantitative estimate of drug-likeness (QED) is 0.446. The summed E-state index contributed by atoms with van der Waals surface area (Å²) in [5, 5.41) is 7.54. The van der Waals surface area contributed by atoms with Gasteiger partial charge in [0.15, 0.2) is 0 Å². The number of amides is 1. The van der Waals surface area contributed by atoms with Crippen LogP contribution in [0.3, 0.4) is 0 Å². The molecule has 2 aromatic carbocycles. The van der Waals surface area contributed by atoms with Gasteiger partial charge >= 0.3 is 0 Å². The van der Waals surface area contributed by atoms with E-state index in [0.29, 0.717) is 60.7 Å². The van der Waals surface area contributed by atoms with Gasteiger partial charge < -0.3 is 14.6 Å². The first kappa shape index (κ1) is 23.1. The lowest BCUT2D eigenvalue weighted by Crippen LogP contribution is -2.43. The van der Waals surface area contributed by atoms with Gasteiger partial charge in [-0.15, -0.1) is 0 Å². The number of aryl methyl sites for hydroxylation is 1. The molecule has 1 saturated heterocycles. The summed E-state index contributed by atoms with van der Waals surface area (Å²) in [4.78, 5) is 20.1. The molecule has 0 saturated carbocycles. The Labute approximate surface area is 200 Å². The van der Waals surface area contributed by atoms with Crippen LogP contribution in [0, 0.1) is 18.6 Å². The van der Waals surface area contributed by atoms with Crippen LogP contribution in [0.2, 0.25) is 0 Å². The summed E-state index contributed by atoms with van der Waals surface area (Å²) in [6.45, 7) is 4.66. The van der Waals surface area contributed by atoms with Crippen molar-refractivity contribution in [2.24, 2.45) is 0 Å². The van der Waals surface area contributed by atoms with Crippen molar-refractivity contribution in [2.75, 3.05) is 32.8 Å². The third kappa shape index (κ3) is 4.91. The number of carbonyl (C=O) groups excluding carboxylic acids is 1. The van der Waals surface area contributed by atoms with Crippen LogP contribution in [0.5, 0.6) is 0 Å². The third-order valence-electron chi connectivity index (χ3n) is 6.20. The van der Waals surface area contributed by atoms with Crippen LogP contribution in [-0.2, 0) is 4.74 Å². The second-order valence-corrected chi connectivity index (χ2v) is 8.44. The highest BCUT2D eigenvalue weighted by Crippen LogP contribution is 2.28. The number of nitrogens with one attached hydrogen (secondary N) is 1. The molecule has 7 nitrogen and oxygen atoms in total. The fourth-order valence-corrected chi connectivity index (χ4v) is 4.36. The monoisotopic (exact) mass is 478 g/mol. The number of pyridine rings is 1. The summed E-state index contributed by atoms with van der Waals surface area (Å²) in [5.74, 6) is -0.986. The summed E-state index contributed by atoms with van der Waals surface area (Å²) in [7, 11) is 0. The van der Waals surface area contributed by atoms with E-state index in [1.807, 2.05) is 0 Å². The van der Waals surface area contributed by atoms with Crippen LogP contribution >= 0.6 is 0 Å². The number of benzene rings is 2. The molecule has 180 valence electrons. The Kier molecular flexibility index (Phi) is 6.52. The Morgan fingerprint density at radius 3 is 2.40 bits per heavy atom. The van der Waals surface area contributed by atoms with Crippen molar-refractivity contribution >= 4 is 17.0 Å². The molecule has 0 radical (unpaired) electrons. The number of ether oxygens (including phenoxy) is 1. The van der Waals surface area contributed by atoms with E-state index in [-0.39, 0.29) is 29.3 Å². The molecule has 3 heterocycles. The maximum atomic E-state index is 13.5. The first-order valence-electron chi connectivity index (χ1n) is 11.4. The predicted octanol–water partition coefficient (Wildman–Crippen LogP) is 4.28. The maximum absolute atomic E-state index is 13.5. The Balaban J connectivity index is 1.45. The van der Waals surface area contributed by atoms with Crippen LogP contribution in [-0.4, -0.2) is 53.8 Å². The van der Waals surface area contributed by atoms with E-state index in [0.717, 1.165) is 5.56 Å². The summed E-state index contributed by atoms with van der Waals surface area (Å²) in [5.41, 5.74) is 3.18. The molecular formula is C26H24F2N4O3. The van der Waals surface area contributed by atoms with Crippen LogP contribution in [0.15, 0.2) is 59.1 Å². The minimum absolute atomic E-state index is 0.152. The van der Waals surface area contributed by atoms with Crippen molar-refractivity contribution in [3.05, 3.63) is 83.1 Å². The van der Waals surface area contributed by atoms with Crippen molar-refractivity contribution in [2.45, 2.75) is 13.0 Å². The average Bonchev–Trinajstić information content (AvgIpc) is 3.26. The summed E-state index contributed by atoms with van der Waals surface area (Å²) < 4.78 is 37.8. The standard InChI is InChI=1S/C26H24F2N4O3/c1-16-24-21(14-22(30-26(24)35-31-16)17-2-6-19(27)7-3-17)25(33)29-15-23(32-10-12-34-13-11-32)18-4-8-20(28)9-5-18/h2-9,14,23H,10-13,15H2,1H3,(H,29,33). The van der Waals surface area contributed by atoms with E-state index in [9.17, 15) is 13.6 Å². The zero-order valence-corrected chi connectivity index (χ0v) is 19.1. The van der Waals surface area contributed by atoms with Crippen LogP contribution in [0.1, 0.15) is 27.7 Å². The van der Waals surface area contributed by atoms with E-state index in [1.54, 1.807) is 37.3 Å². The number of halogens is 2. The number of morpholine rings is 1. The van der Waals surface area contributed by atoms with Gasteiger partial charge in [0.25, 0.3) is 11.6 Å². The Hall–Kier alpha value is -3.69. The molecule has 1 N–H and O–H groups in total. The summed E-state index contributed by atoms with van der Waals surface area (Å²) in [6, 6.07) is 13.7. The molecule has 1 aliphatic rings. The molecule has 4 aromatic rings. The lowest BCUT2D eigenvalue weighted by Gasteiger charge is -2.35. The van der Waals surface area contributed by atoms with Crippen molar-refractivity contribution in [1.82, 2.24) is 20.4 Å². The van der Waals surface area contributed by atoms with Gasteiger partial charge in [0.1, 0.15) is 11.6 Å². The SMILES string of the molecule is Cc1noc2nc(-c3ccc(F)cc3)cc(C(=O)NCC(c3ccc(F)cc3)N3CCOCC3)c12. The topological polar surface area (TPSA) is 80.5 Å². The molecule has 0 spiro atoms. The number of fused-ring (bicyclic) bond motifs is 1. The van der Waals surface area contributed by atoms with Gasteiger partial charge in [-0.2, -0.15) is 0 Å². The summed E-state index contributed by atoms with van der Waals surface area (Å²) in [6.07, 6.45) is 0. The van der Waals surface area contributed by atoms with Crippen molar-refractivity contribution in [3.63, 3.8) is 0 Å². The first-order chi connectivity index (χ1) is 17.0. The molecule has 1 unspecified atom stereocenters. The number of aromatic nitrogens is 2. The molecule has 0 aliphatic carbocycles. The third-order valence-corrected chi connectivity index (χ3v) is 6.20. The molecule has 35 heavy (non-hydrogen) atoms. The second kappa shape index (κ2) is 9.89. The number of carbonyl (C=O) groups is 1. The number of hydrogen-bond acceptors (Lipinski definition) is 6. The van der Waals surface area contributed by atoms with E-state index in [1.165, 1.54) is 24.3 Å². The minimum atomic E-state index is -0.363. The van der Waals surface area contributed by atoms with Crippen LogP contribution < -0.4 is 5.32 Å². The molecule has 1 aliphatic heterocycles. The van der Waals surface area contributed by atoms with Gasteiger partial charge in [-0.25, -0.2) is 13.8 Å². The van der Waals surface area contributed by atoms with Crippen molar-refractivity contribution < 1.29 is 22.8 Å². The Bertz CT molecular complexity index is 1330. The highest BCUT2D eigenvalue weighted by Gasteiger charge is 2.25. The smallest absolute Gasteiger partial charge is 0.259 e. The van der Waals surface area contributed by atoms with Gasteiger partial charge in [-0.05, 0) is 55.0 Å². The number of nitrogens with zero attached hydrogens (tertiary/aromatic N) is 3. The van der Waals surface area contributed by atoms with Gasteiger partial charge in [0, 0.05) is 25.2 Å². The van der Waals surface area contributed by atoms with Crippen molar-refractivity contribution in [1.29, 1.82) is 0 Å². The highest BCUT2D eigenvalue weighted by molar-refractivity contribution is 6.07. The second-order valence-electron chi connectivity index (χ2n) is 8.44. The molecule has 1 atom stereocenters. The average molecular weight is 478 g/mol. The number of rotatable bonds is 6. The fraction of sp³-hybridized carbons (Fsp3) is 0.269. The normalized spacial score (nSPS) is 15.3. The molecule has 2 aromatic heterocycles. The van der Waals surface area contributed by atoms with Gasteiger partial charge in [-0.3, -0.25) is 9.69 Å². The molecule has 0 bridgehead atoms. The van der Waals surface area contributed by atoms with Gasteiger partial charge in [0.05, 0.1) is 41.6 Å². The Morgan fingerprint density at radius 1 is 1.06 bits per heavy atom. The summed E-state index contributed by atoms with van der Waals surface area (Å²) >= 11 is 0. The number of hydrogen-bond donors (Lipinski definition) is 1. The lowest BCUT2D eigenvalue weighted by molar-refractivity contribution is 0.0162. The van der Waals surface area contributed by atoms with Gasteiger partial charge in [0.2, 0.25) is 0 Å². The minimum Gasteiger partial charge on any atom is -0.379 e. The van der Waals surface area contributed by atoms with Crippen molar-refractivity contribution in [3.8, 4) is 11.3 Å². The lowest BCUT2D eigenvalue weighted by atomic mass is 10.0. The molecule has 5 rings (SSSR count). The maximum Gasteiger partial charge on any atom is 0.259 e. The van der Waals surface area contributed by atoms with E-state index in [4.69, 9.17) is 9.26 Å². The molecular weight excluding hydrogens is 454 g/mol. The molecule has 9 heteroatoms. The highest BCUT2D eigenvalue weighted by atomic mass is 19.1. The van der Waals surface area contributed by atoms with Crippen LogP contribution in [0.25, 0.3) is 22.4 Å².